The predicted molar refractivity (Wildman–Crippen MR) is 118 cm³/mol. The smallest absolute Gasteiger partial charge is 0.323 e. The van der Waals surface area contributed by atoms with Crippen molar-refractivity contribution in [2.24, 2.45) is 23.5 Å². The molecular formula is C24H38N2O4. The molecule has 0 amide bonds. The van der Waals surface area contributed by atoms with Crippen LogP contribution in [0.3, 0.4) is 0 Å². The Labute approximate surface area is 203 Å². The molecule has 0 bridgehead atoms. The SMILES string of the molecule is [2H]c1c(OC([2H])([2H])[2H])c(OC)c([2H])c2c1C([2H])([2H])C([2H])([2H])N1C([2H])([2H])C([2H])(CC(C)C)C([2H])(OC(=O)[C@@H](N)C(C)C)C([2H])([2H])C21[2H]. The second-order valence-electron chi connectivity index (χ2n) is 7.72. The van der Waals surface area contributed by atoms with E-state index in [4.69, 9.17) is 32.3 Å². The first kappa shape index (κ1) is 9.78. The van der Waals surface area contributed by atoms with Crippen LogP contribution in [-0.4, -0.2) is 50.1 Å². The van der Waals surface area contributed by atoms with Crippen LogP contribution in [0, 0.1) is 17.7 Å². The van der Waals surface area contributed by atoms with E-state index in [1.165, 1.54) is 27.7 Å². The van der Waals surface area contributed by atoms with Gasteiger partial charge in [0.2, 0.25) is 0 Å². The van der Waals surface area contributed by atoms with Gasteiger partial charge in [0.05, 0.1) is 23.7 Å². The van der Waals surface area contributed by atoms with Crippen LogP contribution in [-0.2, 0) is 15.9 Å². The summed E-state index contributed by atoms with van der Waals surface area (Å²) in [6.45, 7) is -1.66. The molecule has 0 aromatic heterocycles. The van der Waals surface area contributed by atoms with Crippen LogP contribution in [0.15, 0.2) is 12.1 Å². The molecular weight excluding hydrogens is 380 g/mol. The number of esters is 1. The largest absolute Gasteiger partial charge is 0.493 e. The van der Waals surface area contributed by atoms with E-state index in [0.29, 0.717) is 0 Å². The molecule has 0 saturated carbocycles. The second-order valence-corrected chi connectivity index (χ2v) is 7.72. The van der Waals surface area contributed by atoms with E-state index in [9.17, 15) is 14.4 Å². The van der Waals surface area contributed by atoms with Crippen molar-refractivity contribution in [3.8, 4) is 11.5 Å². The van der Waals surface area contributed by atoms with Crippen LogP contribution in [0.5, 0.6) is 11.5 Å². The summed E-state index contributed by atoms with van der Waals surface area (Å²) in [4.78, 5) is 13.0. The van der Waals surface area contributed by atoms with E-state index in [-0.39, 0.29) is 4.90 Å². The summed E-state index contributed by atoms with van der Waals surface area (Å²) in [6.07, 6.45) is -12.1. The number of piperidine rings is 1. The third-order valence-corrected chi connectivity index (χ3v) is 4.55. The molecule has 1 aromatic rings. The van der Waals surface area contributed by atoms with Crippen molar-refractivity contribution in [1.82, 2.24) is 4.90 Å². The first-order valence-electron chi connectivity index (χ1n) is 17.6. The van der Waals surface area contributed by atoms with Gasteiger partial charge in [-0.2, -0.15) is 0 Å². The lowest BCUT2D eigenvalue weighted by molar-refractivity contribution is -0.160. The first-order valence-corrected chi connectivity index (χ1v) is 9.58. The maximum absolute atomic E-state index is 13.3. The molecule has 2 aliphatic rings. The molecule has 3 rings (SSSR count). The van der Waals surface area contributed by atoms with Crippen molar-refractivity contribution in [1.29, 1.82) is 0 Å². The van der Waals surface area contributed by atoms with Gasteiger partial charge in [0.1, 0.15) is 12.1 Å². The molecule has 1 fully saturated rings. The summed E-state index contributed by atoms with van der Waals surface area (Å²) in [5.74, 6) is -8.12. The zero-order chi connectivity index (χ0) is 36.2. The minimum atomic E-state index is -3.92. The lowest BCUT2D eigenvalue weighted by atomic mass is 9.79. The van der Waals surface area contributed by atoms with E-state index in [1.807, 2.05) is 0 Å². The fourth-order valence-corrected chi connectivity index (χ4v) is 2.88. The van der Waals surface area contributed by atoms with Gasteiger partial charge in [-0.1, -0.05) is 27.7 Å². The molecule has 3 unspecified atom stereocenters. The Kier molecular flexibility index (Phi) is 3.12. The van der Waals surface area contributed by atoms with Crippen LogP contribution in [0.4, 0.5) is 0 Å². The van der Waals surface area contributed by atoms with Gasteiger partial charge in [-0.25, -0.2) is 0 Å². The molecule has 0 spiro atoms. The van der Waals surface area contributed by atoms with Crippen LogP contribution in [0.2, 0.25) is 0 Å². The molecule has 1 aromatic carbocycles. The highest BCUT2D eigenvalue weighted by Gasteiger charge is 2.41. The van der Waals surface area contributed by atoms with Crippen molar-refractivity contribution in [3.05, 3.63) is 23.2 Å². The summed E-state index contributed by atoms with van der Waals surface area (Å²) < 4.78 is 156. The van der Waals surface area contributed by atoms with Gasteiger partial charge in [0.25, 0.3) is 0 Å². The second kappa shape index (κ2) is 9.56. The molecule has 30 heavy (non-hydrogen) atoms. The number of carbonyl (C=O) groups excluding carboxylic acids is 1. The van der Waals surface area contributed by atoms with E-state index in [2.05, 4.69) is 0 Å². The molecule has 1 saturated heterocycles. The molecule has 2 aliphatic heterocycles. The van der Waals surface area contributed by atoms with Gasteiger partial charge >= 0.3 is 5.97 Å². The van der Waals surface area contributed by atoms with Gasteiger partial charge in [-0.3, -0.25) is 9.69 Å². The number of hydrogen-bond donors (Lipinski definition) is 1. The first-order chi connectivity index (χ1) is 20.4. The van der Waals surface area contributed by atoms with Gasteiger partial charge in [0.15, 0.2) is 11.5 Å². The Bertz CT molecular complexity index is 1400. The van der Waals surface area contributed by atoms with Crippen molar-refractivity contribution in [2.45, 2.75) is 65.0 Å². The molecule has 6 heteroatoms. The molecule has 0 radical (unpaired) electrons. The highest BCUT2D eigenvalue weighted by molar-refractivity contribution is 5.76. The van der Waals surface area contributed by atoms with Crippen LogP contribution in [0.1, 0.15) is 79.6 Å². The molecule has 168 valence electrons. The third-order valence-electron chi connectivity index (χ3n) is 4.55. The van der Waals surface area contributed by atoms with Crippen LogP contribution in [0.25, 0.3) is 0 Å². The number of nitrogens with two attached hydrogens (primary N) is 1. The Morgan fingerprint density at radius 3 is 2.73 bits per heavy atom. The Hall–Kier alpha value is -1.79. The standard InChI is InChI=1S/C24H38N2O4/c1-14(2)9-17-13-26-8-7-16-10-21(28-5)22(29-6)11-18(16)19(26)12-20(17)30-24(27)23(25)15(3)4/h10-11,14-15,17,19-20,23H,7-9,12-13,25H2,1-6H3/t17?,19?,20?,23-/m0/s1/i5D3,7D2,8D2,10D,11D,12D2,13D2,17D,19D,20D. The van der Waals surface area contributed by atoms with Gasteiger partial charge in [0, 0.05) is 43.6 Å². The zero-order valence-electron chi connectivity index (χ0n) is 33.6. The monoisotopic (exact) mass is 434 g/mol. The number of nitrogens with zero attached hydrogens (tertiary/aromatic N) is 1. The quantitative estimate of drug-likeness (QED) is 0.662. The third kappa shape index (κ3) is 4.75. The Morgan fingerprint density at radius 2 is 2.10 bits per heavy atom. The Balaban J connectivity index is 2.67. The summed E-state index contributed by atoms with van der Waals surface area (Å²) in [5.41, 5.74) is 3.43. The van der Waals surface area contributed by atoms with Crippen LogP contribution >= 0.6 is 0 Å². The number of fused-ring (bicyclic) bond motifs is 3. The molecule has 2 heterocycles. The van der Waals surface area contributed by atoms with Gasteiger partial charge in [-0.15, -0.1) is 0 Å². The zero-order valence-corrected chi connectivity index (χ0v) is 17.6. The number of rotatable bonds is 7. The molecule has 4 atom stereocenters. The van der Waals surface area contributed by atoms with Gasteiger partial charge in [-0.05, 0) is 47.8 Å². The van der Waals surface area contributed by atoms with Crippen molar-refractivity contribution in [2.75, 3.05) is 27.1 Å². The number of benzene rings is 1. The topological polar surface area (TPSA) is 74.0 Å². The van der Waals surface area contributed by atoms with E-state index in [1.54, 1.807) is 0 Å². The van der Waals surface area contributed by atoms with Crippen LogP contribution < -0.4 is 15.2 Å². The van der Waals surface area contributed by atoms with Crippen molar-refractivity contribution < 1.29 is 40.9 Å². The van der Waals surface area contributed by atoms with Gasteiger partial charge < -0.3 is 19.9 Å². The summed E-state index contributed by atoms with van der Waals surface area (Å²) >= 11 is 0. The number of ether oxygens (including phenoxy) is 3. The Morgan fingerprint density at radius 1 is 1.37 bits per heavy atom. The van der Waals surface area contributed by atoms with Crippen molar-refractivity contribution in [3.63, 3.8) is 0 Å². The maximum atomic E-state index is 13.3. The number of carbonyl (C=O) groups is 1. The highest BCUT2D eigenvalue weighted by atomic mass is 16.5. The highest BCUT2D eigenvalue weighted by Crippen LogP contribution is 2.44. The lowest BCUT2D eigenvalue weighted by Crippen LogP contribution is -2.51. The average Bonchev–Trinajstić information content (AvgIpc) is 2.86. The summed E-state index contributed by atoms with van der Waals surface area (Å²) in [5, 5.41) is 0. The van der Waals surface area contributed by atoms with E-state index in [0.717, 1.165) is 7.11 Å². The molecule has 0 aliphatic carbocycles. The fraction of sp³-hybridized carbons (Fsp3) is 0.708. The summed E-state index contributed by atoms with van der Waals surface area (Å²) in [7, 11) is -2.42. The number of hydrogen-bond acceptors (Lipinski definition) is 6. The molecule has 6 nitrogen and oxygen atoms in total. The number of methoxy groups -OCH3 is 2. The minimum Gasteiger partial charge on any atom is -0.493 e. The predicted octanol–water partition coefficient (Wildman–Crippen LogP) is 3.56. The summed E-state index contributed by atoms with van der Waals surface area (Å²) in [6, 6.07) is -7.74. The lowest BCUT2D eigenvalue weighted by Gasteiger charge is -2.47. The average molecular weight is 435 g/mol. The normalized spacial score (nSPS) is 47.2. The maximum Gasteiger partial charge on any atom is 0.323 e. The van der Waals surface area contributed by atoms with E-state index < -0.39 is 116 Å². The molecule has 2 N–H and O–H groups in total. The minimum absolute atomic E-state index is 0.227. The van der Waals surface area contributed by atoms with E-state index >= 15 is 0 Å². The fourth-order valence-electron chi connectivity index (χ4n) is 2.88. The van der Waals surface area contributed by atoms with Crippen molar-refractivity contribution >= 4 is 5.97 Å².